The summed E-state index contributed by atoms with van der Waals surface area (Å²) in [6.45, 7) is 4.32. The average Bonchev–Trinajstić information content (AvgIpc) is 2.88. The minimum atomic E-state index is -0.859. The van der Waals surface area contributed by atoms with Gasteiger partial charge in [0.05, 0.1) is 6.21 Å². The Balaban J connectivity index is 1.38. The summed E-state index contributed by atoms with van der Waals surface area (Å²) in [4.78, 5) is 36.0. The van der Waals surface area contributed by atoms with Crippen LogP contribution in [0.2, 0.25) is 0 Å². The average molecular weight is 551 g/mol. The number of ether oxygens (including phenoxy) is 1. The molecule has 3 aromatic rings. The van der Waals surface area contributed by atoms with Crippen molar-refractivity contribution in [2.24, 2.45) is 5.10 Å². The van der Waals surface area contributed by atoms with E-state index in [9.17, 15) is 14.4 Å². The smallest absolute Gasteiger partial charge is 0.329 e. The van der Waals surface area contributed by atoms with E-state index in [1.165, 1.54) is 11.8 Å². The number of carbonyl (C=O) groups excluding carboxylic acids is 3. The van der Waals surface area contributed by atoms with E-state index in [2.05, 4.69) is 50.9 Å². The predicted molar refractivity (Wildman–Crippen MR) is 143 cm³/mol. The highest BCUT2D eigenvalue weighted by Gasteiger charge is 2.12. The van der Waals surface area contributed by atoms with E-state index < -0.39 is 11.8 Å². The van der Waals surface area contributed by atoms with Crippen molar-refractivity contribution in [1.82, 2.24) is 10.7 Å². The van der Waals surface area contributed by atoms with Crippen molar-refractivity contribution in [3.05, 3.63) is 94.0 Å². The first kappa shape index (κ1) is 26.6. The Morgan fingerprint density at radius 1 is 0.917 bits per heavy atom. The molecule has 36 heavy (non-hydrogen) atoms. The van der Waals surface area contributed by atoms with Gasteiger partial charge in [-0.2, -0.15) is 5.10 Å². The molecule has 3 rings (SSSR count). The molecule has 0 bridgehead atoms. The standard InChI is InChI=1S/C27H27BrN4O4/c1-18(2)21-7-3-19(4-8-21)15-29-26(34)27(35)32-30-16-20-5-13-24(14-6-20)36-17-25(33)31-23-11-9-22(28)10-12-23/h3-14,16,18H,15,17H2,1-2H3,(H,29,34)(H,31,33)(H,32,35)/b30-16-. The Labute approximate surface area is 218 Å². The predicted octanol–water partition coefficient (Wildman–Crippen LogP) is 4.36. The minimum Gasteiger partial charge on any atom is -0.484 e. The van der Waals surface area contributed by atoms with Crippen LogP contribution in [0.3, 0.4) is 0 Å². The maximum absolute atomic E-state index is 12.0. The fourth-order valence-electron chi connectivity index (χ4n) is 3.03. The van der Waals surface area contributed by atoms with Crippen LogP contribution in [-0.2, 0) is 20.9 Å². The molecule has 8 nitrogen and oxygen atoms in total. The molecule has 0 aliphatic carbocycles. The van der Waals surface area contributed by atoms with Gasteiger partial charge in [-0.15, -0.1) is 0 Å². The van der Waals surface area contributed by atoms with Crippen LogP contribution in [0, 0.1) is 0 Å². The Morgan fingerprint density at radius 2 is 1.58 bits per heavy atom. The molecule has 0 atom stereocenters. The van der Waals surface area contributed by atoms with E-state index >= 15 is 0 Å². The SMILES string of the molecule is CC(C)c1ccc(CNC(=O)C(=O)N/N=C\c2ccc(OCC(=O)Nc3ccc(Br)cc3)cc2)cc1. The van der Waals surface area contributed by atoms with Crippen molar-refractivity contribution < 1.29 is 19.1 Å². The summed E-state index contributed by atoms with van der Waals surface area (Å²) in [7, 11) is 0. The zero-order chi connectivity index (χ0) is 25.9. The third-order valence-electron chi connectivity index (χ3n) is 5.06. The number of nitrogens with one attached hydrogen (secondary N) is 3. The molecule has 3 N–H and O–H groups in total. The number of nitrogens with zero attached hydrogens (tertiary/aromatic N) is 1. The number of hydrogen-bond acceptors (Lipinski definition) is 5. The van der Waals surface area contributed by atoms with E-state index in [4.69, 9.17) is 4.74 Å². The Bertz CT molecular complexity index is 1210. The first-order valence-electron chi connectivity index (χ1n) is 11.3. The van der Waals surface area contributed by atoms with Crippen LogP contribution in [0.5, 0.6) is 5.75 Å². The largest absolute Gasteiger partial charge is 0.484 e. The van der Waals surface area contributed by atoms with Gasteiger partial charge < -0.3 is 15.4 Å². The maximum atomic E-state index is 12.0. The molecule has 186 valence electrons. The number of carbonyl (C=O) groups is 3. The van der Waals surface area contributed by atoms with E-state index in [0.717, 1.165) is 10.0 Å². The lowest BCUT2D eigenvalue weighted by atomic mass is 10.0. The molecule has 0 aliphatic heterocycles. The number of hydrazone groups is 1. The van der Waals surface area contributed by atoms with Crippen LogP contribution in [-0.4, -0.2) is 30.5 Å². The van der Waals surface area contributed by atoms with Crippen molar-refractivity contribution in [3.63, 3.8) is 0 Å². The van der Waals surface area contributed by atoms with Crippen LogP contribution in [0.15, 0.2) is 82.4 Å². The highest BCUT2D eigenvalue weighted by molar-refractivity contribution is 9.10. The fraction of sp³-hybridized carbons (Fsp3) is 0.185. The number of hydrogen-bond donors (Lipinski definition) is 3. The number of anilines is 1. The van der Waals surface area contributed by atoms with Crippen molar-refractivity contribution in [3.8, 4) is 5.75 Å². The topological polar surface area (TPSA) is 109 Å². The summed E-state index contributed by atoms with van der Waals surface area (Å²) in [5.41, 5.74) is 5.66. The molecule has 0 radical (unpaired) electrons. The monoisotopic (exact) mass is 550 g/mol. The zero-order valence-corrected chi connectivity index (χ0v) is 21.5. The van der Waals surface area contributed by atoms with E-state index in [0.29, 0.717) is 22.9 Å². The lowest BCUT2D eigenvalue weighted by Gasteiger charge is -2.08. The van der Waals surface area contributed by atoms with Gasteiger partial charge in [-0.3, -0.25) is 14.4 Å². The molecule has 9 heteroatoms. The van der Waals surface area contributed by atoms with Crippen molar-refractivity contribution >= 4 is 45.6 Å². The van der Waals surface area contributed by atoms with Crippen molar-refractivity contribution in [1.29, 1.82) is 0 Å². The quantitative estimate of drug-likeness (QED) is 0.209. The van der Waals surface area contributed by atoms with E-state index in [1.54, 1.807) is 36.4 Å². The van der Waals surface area contributed by atoms with Crippen LogP contribution in [0.4, 0.5) is 5.69 Å². The molecule has 0 heterocycles. The highest BCUT2D eigenvalue weighted by Crippen LogP contribution is 2.16. The van der Waals surface area contributed by atoms with Gasteiger partial charge in [0.15, 0.2) is 6.61 Å². The molecule has 0 fully saturated rings. The summed E-state index contributed by atoms with van der Waals surface area (Å²) in [6, 6.07) is 21.8. The molecule has 0 saturated carbocycles. The van der Waals surface area contributed by atoms with Gasteiger partial charge in [0, 0.05) is 16.7 Å². The molecule has 3 amide bonds. The summed E-state index contributed by atoms with van der Waals surface area (Å²) < 4.78 is 6.41. The highest BCUT2D eigenvalue weighted by atomic mass is 79.9. The van der Waals surface area contributed by atoms with Crippen LogP contribution in [0.1, 0.15) is 36.5 Å². The number of benzene rings is 3. The molecule has 3 aromatic carbocycles. The molecular formula is C27H27BrN4O4. The van der Waals surface area contributed by atoms with Crippen LogP contribution >= 0.6 is 15.9 Å². The zero-order valence-electron chi connectivity index (χ0n) is 20.0. The lowest BCUT2D eigenvalue weighted by Crippen LogP contribution is -2.37. The van der Waals surface area contributed by atoms with Gasteiger partial charge >= 0.3 is 11.8 Å². The van der Waals surface area contributed by atoms with Gasteiger partial charge in [-0.1, -0.05) is 54.0 Å². The van der Waals surface area contributed by atoms with Gasteiger partial charge in [-0.25, -0.2) is 5.43 Å². The number of rotatable bonds is 9. The fourth-order valence-corrected chi connectivity index (χ4v) is 3.29. The molecule has 0 unspecified atom stereocenters. The summed E-state index contributed by atoms with van der Waals surface area (Å²) in [6.07, 6.45) is 1.40. The van der Waals surface area contributed by atoms with Crippen LogP contribution in [0.25, 0.3) is 0 Å². The normalized spacial score (nSPS) is 10.8. The summed E-state index contributed by atoms with van der Waals surface area (Å²) in [5.74, 6) is -0.984. The van der Waals surface area contributed by atoms with E-state index in [-0.39, 0.29) is 19.1 Å². The molecule has 0 spiro atoms. The third-order valence-corrected chi connectivity index (χ3v) is 5.59. The first-order valence-corrected chi connectivity index (χ1v) is 12.1. The summed E-state index contributed by atoms with van der Waals surface area (Å²) >= 11 is 3.34. The van der Waals surface area contributed by atoms with Gasteiger partial charge in [0.2, 0.25) is 0 Å². The Kier molecular flexibility index (Phi) is 9.76. The van der Waals surface area contributed by atoms with Gasteiger partial charge in [0.25, 0.3) is 5.91 Å². The Hall–Kier alpha value is -3.98. The second kappa shape index (κ2) is 13.2. The molecule has 0 saturated heterocycles. The third kappa shape index (κ3) is 8.66. The molecule has 0 aromatic heterocycles. The first-order chi connectivity index (χ1) is 17.3. The summed E-state index contributed by atoms with van der Waals surface area (Å²) in [5, 5.41) is 9.12. The Morgan fingerprint density at radius 3 is 2.22 bits per heavy atom. The number of halogens is 1. The van der Waals surface area contributed by atoms with Crippen molar-refractivity contribution in [2.45, 2.75) is 26.3 Å². The second-order valence-electron chi connectivity index (χ2n) is 8.19. The lowest BCUT2D eigenvalue weighted by molar-refractivity contribution is -0.139. The van der Waals surface area contributed by atoms with Crippen LogP contribution < -0.4 is 20.8 Å². The molecule has 0 aliphatic rings. The van der Waals surface area contributed by atoms with Gasteiger partial charge in [-0.05, 0) is 71.1 Å². The van der Waals surface area contributed by atoms with E-state index in [1.807, 2.05) is 36.4 Å². The second-order valence-corrected chi connectivity index (χ2v) is 9.11. The minimum absolute atomic E-state index is 0.142. The molecular weight excluding hydrogens is 524 g/mol. The number of amides is 3. The van der Waals surface area contributed by atoms with Gasteiger partial charge in [0.1, 0.15) is 5.75 Å². The maximum Gasteiger partial charge on any atom is 0.329 e. The van der Waals surface area contributed by atoms with Crippen molar-refractivity contribution in [2.75, 3.05) is 11.9 Å².